The van der Waals surface area contributed by atoms with Gasteiger partial charge in [-0.05, 0) is 67.4 Å². The number of carbonyl (C=O) groups is 3. The molecule has 0 saturated carbocycles. The van der Waals surface area contributed by atoms with Gasteiger partial charge in [0.2, 0.25) is 5.91 Å². The Morgan fingerprint density at radius 1 is 0.829 bits per heavy atom. The molecular weight excluding hydrogens is 515 g/mol. The third kappa shape index (κ3) is 3.50. The van der Waals surface area contributed by atoms with E-state index in [-0.39, 0.29) is 23.0 Å². The van der Waals surface area contributed by atoms with E-state index in [2.05, 4.69) is 11.4 Å². The van der Waals surface area contributed by atoms with Gasteiger partial charge in [-0.3, -0.25) is 14.4 Å². The second-order valence-electron chi connectivity index (χ2n) is 11.1. The Morgan fingerprint density at radius 2 is 1.51 bits per heavy atom. The number of fused-ring (bicyclic) bond motifs is 6. The maximum absolute atomic E-state index is 14.7. The second kappa shape index (κ2) is 9.10. The first kappa shape index (κ1) is 25.1. The van der Waals surface area contributed by atoms with Gasteiger partial charge >= 0.3 is 0 Å². The molecule has 0 unspecified atom stereocenters. The molecule has 0 aliphatic carbocycles. The smallest absolute Gasteiger partial charge is 0.238 e. The lowest BCUT2D eigenvalue weighted by Gasteiger charge is -2.39. The molecule has 202 valence electrons. The van der Waals surface area contributed by atoms with Gasteiger partial charge in [-0.15, -0.1) is 0 Å². The minimum Gasteiger partial charge on any atom is -0.352 e. The van der Waals surface area contributed by atoms with E-state index in [4.69, 9.17) is 0 Å². The number of hydrogen-bond donors (Lipinski definition) is 1. The number of aryl methyl sites for hydroxylation is 1. The summed E-state index contributed by atoms with van der Waals surface area (Å²) >= 11 is 0. The fraction of sp³-hybridized carbons (Fsp3) is 0.171. The van der Waals surface area contributed by atoms with E-state index in [0.717, 1.165) is 22.4 Å². The van der Waals surface area contributed by atoms with E-state index >= 15 is 0 Å². The zero-order valence-electron chi connectivity index (χ0n) is 22.6. The lowest BCUT2D eigenvalue weighted by molar-refractivity contribution is -0.121. The summed E-state index contributed by atoms with van der Waals surface area (Å²) in [4.78, 5) is 45.7. The molecule has 1 saturated heterocycles. The number of amides is 1. The number of nitrogens with zero attached hydrogens (tertiary/aromatic N) is 1. The van der Waals surface area contributed by atoms with Gasteiger partial charge in [-0.1, -0.05) is 66.2 Å². The van der Waals surface area contributed by atoms with Crippen LogP contribution in [-0.2, 0) is 10.2 Å². The van der Waals surface area contributed by atoms with Crippen molar-refractivity contribution < 1.29 is 18.8 Å². The number of hydrogen-bond acceptors (Lipinski definition) is 4. The molecule has 0 radical (unpaired) electrons. The predicted octanol–water partition coefficient (Wildman–Crippen LogP) is 6.38. The third-order valence-corrected chi connectivity index (χ3v) is 8.87. The van der Waals surface area contributed by atoms with Crippen LogP contribution in [0.5, 0.6) is 0 Å². The first-order valence-electron chi connectivity index (χ1n) is 13.7. The summed E-state index contributed by atoms with van der Waals surface area (Å²) in [5.74, 6) is -2.50. The Kier molecular flexibility index (Phi) is 5.58. The van der Waals surface area contributed by atoms with Crippen molar-refractivity contribution in [1.82, 2.24) is 0 Å². The molecule has 7 rings (SSSR count). The molecule has 3 aliphatic rings. The third-order valence-electron chi connectivity index (χ3n) is 8.87. The number of halogens is 1. The number of anilines is 2. The van der Waals surface area contributed by atoms with E-state index in [1.54, 1.807) is 24.3 Å². The SMILES string of the molecule is CC1=C[C@@H]2N(c3ccc(C)cc31)[C@H](C(=O)c1ccccc1)[C@@H](C(=O)c1ccc(F)cc1)[C@]21C(=O)Nc2ccccc21. The number of carbonyl (C=O) groups excluding carboxylic acids is 3. The number of Topliss-reactive ketones (excluding diaryl/α,β-unsaturated/α-hetero) is 2. The van der Waals surface area contributed by atoms with Crippen molar-refractivity contribution >= 4 is 34.4 Å². The predicted molar refractivity (Wildman–Crippen MR) is 157 cm³/mol. The molecular formula is C35H27FN2O3. The van der Waals surface area contributed by atoms with Gasteiger partial charge in [0.15, 0.2) is 11.6 Å². The summed E-state index contributed by atoms with van der Waals surface area (Å²) in [5, 5.41) is 3.04. The number of para-hydroxylation sites is 1. The molecule has 4 aromatic carbocycles. The van der Waals surface area contributed by atoms with Crippen molar-refractivity contribution in [1.29, 1.82) is 0 Å². The topological polar surface area (TPSA) is 66.5 Å². The van der Waals surface area contributed by atoms with Crippen LogP contribution in [0.15, 0.2) is 103 Å². The van der Waals surface area contributed by atoms with E-state index < -0.39 is 29.2 Å². The van der Waals surface area contributed by atoms with Crippen LogP contribution in [0.25, 0.3) is 5.57 Å². The Labute approximate surface area is 237 Å². The quantitative estimate of drug-likeness (QED) is 0.304. The molecule has 6 heteroatoms. The number of nitrogens with one attached hydrogen (secondary N) is 1. The van der Waals surface area contributed by atoms with Gasteiger partial charge < -0.3 is 10.2 Å². The number of rotatable bonds is 4. The first-order chi connectivity index (χ1) is 19.8. The molecule has 0 bridgehead atoms. The van der Waals surface area contributed by atoms with Crippen molar-refractivity contribution in [2.45, 2.75) is 31.3 Å². The average molecular weight is 543 g/mol. The number of benzene rings is 4. The summed E-state index contributed by atoms with van der Waals surface area (Å²) < 4.78 is 13.9. The van der Waals surface area contributed by atoms with Gasteiger partial charge in [-0.2, -0.15) is 0 Å². The normalized spacial score (nSPS) is 23.9. The summed E-state index contributed by atoms with van der Waals surface area (Å²) in [6, 6.07) is 26.1. The van der Waals surface area contributed by atoms with Crippen LogP contribution < -0.4 is 10.2 Å². The van der Waals surface area contributed by atoms with E-state index in [9.17, 15) is 18.8 Å². The van der Waals surface area contributed by atoms with E-state index in [1.165, 1.54) is 24.3 Å². The summed E-state index contributed by atoms with van der Waals surface area (Å²) in [5.41, 5.74) is 4.43. The number of ketones is 2. The van der Waals surface area contributed by atoms with Gasteiger partial charge in [0, 0.05) is 28.1 Å². The average Bonchev–Trinajstić information content (AvgIpc) is 3.45. The highest BCUT2D eigenvalue weighted by Gasteiger charge is 2.70. The number of allylic oxidation sites excluding steroid dienone is 1. The van der Waals surface area contributed by atoms with Crippen LogP contribution in [0, 0.1) is 18.7 Å². The van der Waals surface area contributed by atoms with Gasteiger partial charge in [0.25, 0.3) is 0 Å². The minimum absolute atomic E-state index is 0.246. The molecule has 1 spiro atoms. The van der Waals surface area contributed by atoms with Crippen molar-refractivity contribution in [2.24, 2.45) is 5.92 Å². The van der Waals surface area contributed by atoms with Crippen molar-refractivity contribution in [3.05, 3.63) is 137 Å². The molecule has 1 amide bonds. The Bertz CT molecular complexity index is 1780. The van der Waals surface area contributed by atoms with Crippen LogP contribution in [-0.4, -0.2) is 29.6 Å². The van der Waals surface area contributed by atoms with Crippen LogP contribution in [0.3, 0.4) is 0 Å². The van der Waals surface area contributed by atoms with Gasteiger partial charge in [0.1, 0.15) is 17.3 Å². The molecule has 1 N–H and O–H groups in total. The molecule has 3 heterocycles. The zero-order valence-corrected chi connectivity index (χ0v) is 22.6. The highest BCUT2D eigenvalue weighted by Crippen LogP contribution is 2.58. The molecule has 3 aliphatic heterocycles. The minimum atomic E-state index is -1.40. The lowest BCUT2D eigenvalue weighted by Crippen LogP contribution is -2.51. The fourth-order valence-corrected chi connectivity index (χ4v) is 7.11. The molecule has 41 heavy (non-hydrogen) atoms. The maximum Gasteiger partial charge on any atom is 0.238 e. The Morgan fingerprint density at radius 3 is 2.27 bits per heavy atom. The summed E-state index contributed by atoms with van der Waals surface area (Å²) in [6.45, 7) is 4.02. The lowest BCUT2D eigenvalue weighted by atomic mass is 9.64. The van der Waals surface area contributed by atoms with Crippen molar-refractivity contribution in [3.63, 3.8) is 0 Å². The van der Waals surface area contributed by atoms with Crippen molar-refractivity contribution in [3.8, 4) is 0 Å². The molecule has 0 aromatic heterocycles. The standard InChI is InChI=1S/C35H27FN2O3/c1-20-12-17-28-25(18-20)21(2)19-29-35(26-10-6-7-11-27(26)37-34(35)41)30(32(39)23-13-15-24(36)16-14-23)31(38(28)29)33(40)22-8-4-3-5-9-22/h3-19,29-31H,1-2H3,(H,37,41)/t29-,30-,31-,35+/m0/s1. The zero-order chi connectivity index (χ0) is 28.5. The Hall–Kier alpha value is -4.84. The first-order valence-corrected chi connectivity index (χ1v) is 13.7. The maximum atomic E-state index is 14.7. The van der Waals surface area contributed by atoms with Gasteiger partial charge in [-0.25, -0.2) is 4.39 Å². The Balaban J connectivity index is 1.56. The van der Waals surface area contributed by atoms with Crippen LogP contribution in [0.1, 0.15) is 44.3 Å². The summed E-state index contributed by atoms with van der Waals surface area (Å²) in [6.07, 6.45) is 2.03. The largest absolute Gasteiger partial charge is 0.352 e. The van der Waals surface area contributed by atoms with Crippen LogP contribution >= 0.6 is 0 Å². The van der Waals surface area contributed by atoms with Crippen LogP contribution in [0.4, 0.5) is 15.8 Å². The highest BCUT2D eigenvalue weighted by atomic mass is 19.1. The monoisotopic (exact) mass is 542 g/mol. The second-order valence-corrected chi connectivity index (χ2v) is 11.1. The fourth-order valence-electron chi connectivity index (χ4n) is 7.11. The molecule has 4 atom stereocenters. The highest BCUT2D eigenvalue weighted by molar-refractivity contribution is 6.18. The van der Waals surface area contributed by atoms with Gasteiger partial charge in [0.05, 0.1) is 12.0 Å². The van der Waals surface area contributed by atoms with E-state index in [0.29, 0.717) is 16.8 Å². The molecule has 1 fully saturated rings. The molecule has 5 nitrogen and oxygen atoms in total. The van der Waals surface area contributed by atoms with E-state index in [1.807, 2.05) is 67.3 Å². The van der Waals surface area contributed by atoms with Crippen molar-refractivity contribution in [2.75, 3.05) is 10.2 Å². The molecule has 4 aromatic rings. The summed E-state index contributed by atoms with van der Waals surface area (Å²) in [7, 11) is 0. The van der Waals surface area contributed by atoms with Crippen LogP contribution in [0.2, 0.25) is 0 Å².